The van der Waals surface area contributed by atoms with Crippen molar-refractivity contribution in [2.75, 3.05) is 6.54 Å². The van der Waals surface area contributed by atoms with Gasteiger partial charge >= 0.3 is 5.97 Å². The fourth-order valence-corrected chi connectivity index (χ4v) is 1.63. The lowest BCUT2D eigenvalue weighted by atomic mass is 10.2. The third-order valence-corrected chi connectivity index (χ3v) is 2.42. The summed E-state index contributed by atoms with van der Waals surface area (Å²) in [7, 11) is 0. The molecule has 0 aromatic carbocycles. The zero-order valence-corrected chi connectivity index (χ0v) is 9.31. The second-order valence-electron chi connectivity index (χ2n) is 4.15. The van der Waals surface area contributed by atoms with Gasteiger partial charge in [-0.2, -0.15) is 0 Å². The second kappa shape index (κ2) is 5.81. The number of nitrogens with two attached hydrogens (primary N) is 1. The van der Waals surface area contributed by atoms with Crippen LogP contribution in [0.2, 0.25) is 0 Å². The van der Waals surface area contributed by atoms with Gasteiger partial charge < -0.3 is 20.9 Å². The quantitative estimate of drug-likeness (QED) is 0.589. The second-order valence-corrected chi connectivity index (χ2v) is 4.15. The molecule has 1 rings (SSSR count). The van der Waals surface area contributed by atoms with Crippen LogP contribution in [0.4, 0.5) is 0 Å². The molecule has 0 radical (unpaired) electrons. The number of hydrogen-bond donors (Lipinski definition) is 3. The van der Waals surface area contributed by atoms with Gasteiger partial charge in [0.15, 0.2) is 6.10 Å². The highest BCUT2D eigenvalue weighted by Gasteiger charge is 2.30. The predicted octanol–water partition coefficient (Wildman–Crippen LogP) is -0.528. The molecule has 0 aromatic rings. The fraction of sp³-hybridized carbons (Fsp3) is 0.800. The van der Waals surface area contributed by atoms with Gasteiger partial charge in [0.05, 0.1) is 6.10 Å². The molecule has 1 fully saturated rings. The van der Waals surface area contributed by atoms with E-state index in [1.165, 1.54) is 0 Å². The molecule has 16 heavy (non-hydrogen) atoms. The molecular formula is C10H18N2O4. The molecule has 3 unspecified atom stereocenters. The van der Waals surface area contributed by atoms with E-state index in [0.717, 1.165) is 0 Å². The van der Waals surface area contributed by atoms with Crippen LogP contribution >= 0.6 is 0 Å². The molecule has 6 nitrogen and oxygen atoms in total. The maximum Gasteiger partial charge on any atom is 0.332 e. The number of ether oxygens (including phenoxy) is 1. The molecule has 92 valence electrons. The van der Waals surface area contributed by atoms with E-state index >= 15 is 0 Å². The maximum absolute atomic E-state index is 11.3. The molecule has 6 heteroatoms. The van der Waals surface area contributed by atoms with Crippen LogP contribution < -0.4 is 11.1 Å². The highest BCUT2D eigenvalue weighted by atomic mass is 16.5. The van der Waals surface area contributed by atoms with Crippen molar-refractivity contribution in [1.82, 2.24) is 5.32 Å². The van der Waals surface area contributed by atoms with E-state index < -0.39 is 12.1 Å². The monoisotopic (exact) mass is 230 g/mol. The minimum absolute atomic E-state index is 0.127. The first-order valence-corrected chi connectivity index (χ1v) is 5.39. The van der Waals surface area contributed by atoms with Crippen LogP contribution in [-0.4, -0.2) is 41.8 Å². The molecule has 1 heterocycles. The van der Waals surface area contributed by atoms with Crippen molar-refractivity contribution in [2.24, 2.45) is 5.73 Å². The van der Waals surface area contributed by atoms with Crippen molar-refractivity contribution < 1.29 is 19.4 Å². The van der Waals surface area contributed by atoms with E-state index in [9.17, 15) is 9.59 Å². The predicted molar refractivity (Wildman–Crippen MR) is 56.8 cm³/mol. The molecule has 0 aliphatic carbocycles. The van der Waals surface area contributed by atoms with Crippen molar-refractivity contribution in [3.63, 3.8) is 0 Å². The fourth-order valence-electron chi connectivity index (χ4n) is 1.63. The summed E-state index contributed by atoms with van der Waals surface area (Å²) >= 11 is 0. The summed E-state index contributed by atoms with van der Waals surface area (Å²) in [6.07, 6.45) is 0.515. The number of amides is 1. The average Bonchev–Trinajstić information content (AvgIpc) is 2.61. The van der Waals surface area contributed by atoms with Crippen LogP contribution in [-0.2, 0) is 14.3 Å². The zero-order valence-electron chi connectivity index (χ0n) is 9.31. The molecule has 0 aromatic heterocycles. The summed E-state index contributed by atoms with van der Waals surface area (Å²) < 4.78 is 5.23. The lowest BCUT2D eigenvalue weighted by Crippen LogP contribution is -2.35. The summed E-state index contributed by atoms with van der Waals surface area (Å²) in [5.41, 5.74) is 5.47. The number of carboxylic acids is 1. The van der Waals surface area contributed by atoms with Gasteiger partial charge in [-0.05, 0) is 19.8 Å². The number of hydrogen-bond acceptors (Lipinski definition) is 4. The molecule has 1 aliphatic rings. The minimum atomic E-state index is -0.940. The largest absolute Gasteiger partial charge is 0.479 e. The Balaban J connectivity index is 2.20. The molecule has 0 bridgehead atoms. The van der Waals surface area contributed by atoms with Crippen LogP contribution in [0.15, 0.2) is 0 Å². The Labute approximate surface area is 94.1 Å². The SMILES string of the molecule is CC(N)CC(=O)NCC1CCC(C(=O)O)O1. The van der Waals surface area contributed by atoms with Crippen molar-refractivity contribution in [2.45, 2.75) is 44.4 Å². The van der Waals surface area contributed by atoms with Gasteiger partial charge in [0.25, 0.3) is 0 Å². The van der Waals surface area contributed by atoms with Crippen LogP contribution in [0.25, 0.3) is 0 Å². The zero-order chi connectivity index (χ0) is 12.1. The van der Waals surface area contributed by atoms with Gasteiger partial charge in [0.1, 0.15) is 0 Å². The van der Waals surface area contributed by atoms with Gasteiger partial charge in [-0.1, -0.05) is 0 Å². The summed E-state index contributed by atoms with van der Waals surface area (Å²) in [4.78, 5) is 21.9. The van der Waals surface area contributed by atoms with Crippen LogP contribution in [0, 0.1) is 0 Å². The van der Waals surface area contributed by atoms with Crippen molar-refractivity contribution in [3.05, 3.63) is 0 Å². The molecule has 0 spiro atoms. The first-order chi connectivity index (χ1) is 7.49. The van der Waals surface area contributed by atoms with E-state index in [-0.39, 0.29) is 24.5 Å². The highest BCUT2D eigenvalue weighted by molar-refractivity contribution is 5.76. The van der Waals surface area contributed by atoms with Crippen molar-refractivity contribution in [3.8, 4) is 0 Å². The van der Waals surface area contributed by atoms with E-state index in [1.54, 1.807) is 6.92 Å². The van der Waals surface area contributed by atoms with E-state index in [0.29, 0.717) is 19.4 Å². The lowest BCUT2D eigenvalue weighted by Gasteiger charge is -2.12. The Bertz CT molecular complexity index is 268. The number of carbonyl (C=O) groups excluding carboxylic acids is 1. The van der Waals surface area contributed by atoms with Gasteiger partial charge in [0, 0.05) is 19.0 Å². The number of carboxylic acid groups (broad SMARTS) is 1. The first kappa shape index (κ1) is 12.9. The van der Waals surface area contributed by atoms with E-state index in [1.807, 2.05) is 0 Å². The normalized spacial score (nSPS) is 26.4. The maximum atomic E-state index is 11.3. The summed E-state index contributed by atoms with van der Waals surface area (Å²) in [5.74, 6) is -1.07. The molecule has 4 N–H and O–H groups in total. The summed E-state index contributed by atoms with van der Waals surface area (Å²) in [5, 5.41) is 11.4. The number of aliphatic carboxylic acids is 1. The molecule has 3 atom stereocenters. The van der Waals surface area contributed by atoms with Gasteiger partial charge in [-0.3, -0.25) is 4.79 Å². The molecule has 0 saturated carbocycles. The Morgan fingerprint density at radius 2 is 2.25 bits per heavy atom. The number of nitrogens with one attached hydrogen (secondary N) is 1. The third-order valence-electron chi connectivity index (χ3n) is 2.42. The third kappa shape index (κ3) is 4.16. The first-order valence-electron chi connectivity index (χ1n) is 5.39. The van der Waals surface area contributed by atoms with E-state index in [2.05, 4.69) is 5.32 Å². The highest BCUT2D eigenvalue weighted by Crippen LogP contribution is 2.19. The standard InChI is InChI=1S/C10H18N2O4/c1-6(11)4-9(13)12-5-7-2-3-8(16-7)10(14)15/h6-8H,2-5,11H2,1H3,(H,12,13)(H,14,15). The number of rotatable bonds is 5. The van der Waals surface area contributed by atoms with Crippen LogP contribution in [0.1, 0.15) is 26.2 Å². The van der Waals surface area contributed by atoms with Crippen molar-refractivity contribution in [1.29, 1.82) is 0 Å². The Hall–Kier alpha value is -1.14. The molecule has 1 amide bonds. The van der Waals surface area contributed by atoms with Gasteiger partial charge in [0.2, 0.25) is 5.91 Å². The van der Waals surface area contributed by atoms with Gasteiger partial charge in [-0.15, -0.1) is 0 Å². The molecule has 1 saturated heterocycles. The topological polar surface area (TPSA) is 102 Å². The number of carbonyl (C=O) groups is 2. The molecular weight excluding hydrogens is 212 g/mol. The smallest absolute Gasteiger partial charge is 0.332 e. The van der Waals surface area contributed by atoms with Crippen LogP contribution in [0.5, 0.6) is 0 Å². The average molecular weight is 230 g/mol. The lowest BCUT2D eigenvalue weighted by molar-refractivity contribution is -0.149. The Morgan fingerprint density at radius 3 is 2.75 bits per heavy atom. The summed E-state index contributed by atoms with van der Waals surface area (Å²) in [6.45, 7) is 2.11. The van der Waals surface area contributed by atoms with Crippen LogP contribution in [0.3, 0.4) is 0 Å². The summed E-state index contributed by atoms with van der Waals surface area (Å²) in [6, 6.07) is -0.170. The Kier molecular flexibility index (Phi) is 4.70. The van der Waals surface area contributed by atoms with E-state index in [4.69, 9.17) is 15.6 Å². The van der Waals surface area contributed by atoms with Crippen molar-refractivity contribution >= 4 is 11.9 Å². The molecule has 1 aliphatic heterocycles. The Morgan fingerprint density at radius 1 is 1.56 bits per heavy atom. The van der Waals surface area contributed by atoms with Gasteiger partial charge in [-0.25, -0.2) is 4.79 Å². The minimum Gasteiger partial charge on any atom is -0.479 e.